The van der Waals surface area contributed by atoms with Crippen molar-refractivity contribution in [2.45, 2.75) is 45.3 Å². The van der Waals surface area contributed by atoms with E-state index >= 15 is 0 Å². The van der Waals surface area contributed by atoms with Crippen LogP contribution in [0.25, 0.3) is 21.3 Å². The number of amides is 2. The van der Waals surface area contributed by atoms with Crippen LogP contribution >= 0.6 is 11.3 Å². The van der Waals surface area contributed by atoms with Gasteiger partial charge in [-0.1, -0.05) is 17.4 Å². The fourth-order valence-corrected chi connectivity index (χ4v) is 5.43. The molecule has 2 aliphatic heterocycles. The molecular weight excluding hydrogens is 484 g/mol. The number of nitrogens with one attached hydrogen (secondary N) is 1. The predicted molar refractivity (Wildman–Crippen MR) is 136 cm³/mol. The van der Waals surface area contributed by atoms with E-state index in [1.54, 1.807) is 27.0 Å². The molecular formula is C25H28N4O6S. The zero-order valence-electron chi connectivity index (χ0n) is 20.3. The summed E-state index contributed by atoms with van der Waals surface area (Å²) in [5.74, 6) is 0.475. The normalized spacial score (nSPS) is 18.4. The van der Waals surface area contributed by atoms with Crippen LogP contribution in [-0.4, -0.2) is 58.7 Å². The van der Waals surface area contributed by atoms with E-state index in [0.29, 0.717) is 29.9 Å². The van der Waals surface area contributed by atoms with Crippen LogP contribution in [0.4, 0.5) is 20.4 Å². The molecule has 0 bridgehead atoms. The molecule has 2 N–H and O–H groups in total. The van der Waals surface area contributed by atoms with Gasteiger partial charge >= 0.3 is 12.2 Å². The zero-order valence-corrected chi connectivity index (χ0v) is 21.1. The maximum atomic E-state index is 12.3. The number of fused-ring (bicyclic) bond motifs is 2. The van der Waals surface area contributed by atoms with Gasteiger partial charge in [0.1, 0.15) is 17.9 Å². The minimum Gasteiger partial charge on any atom is -0.474 e. The van der Waals surface area contributed by atoms with E-state index in [1.807, 2.05) is 24.3 Å². The molecule has 0 aliphatic carbocycles. The molecule has 190 valence electrons. The third kappa shape index (κ3) is 5.07. The topological polar surface area (TPSA) is 123 Å². The second-order valence-electron chi connectivity index (χ2n) is 9.86. The first-order valence-corrected chi connectivity index (χ1v) is 12.6. The van der Waals surface area contributed by atoms with Gasteiger partial charge in [-0.3, -0.25) is 10.2 Å². The second-order valence-corrected chi connectivity index (χ2v) is 10.9. The van der Waals surface area contributed by atoms with Gasteiger partial charge in [0.05, 0.1) is 16.3 Å². The molecule has 2 aromatic heterocycles. The number of carbonyl (C=O) groups is 2. The van der Waals surface area contributed by atoms with Crippen LogP contribution in [0.3, 0.4) is 0 Å². The molecule has 2 aliphatic rings. The number of pyridine rings is 1. The molecule has 1 atom stereocenters. The predicted octanol–water partition coefficient (Wildman–Crippen LogP) is 5.38. The van der Waals surface area contributed by atoms with Crippen molar-refractivity contribution in [1.82, 2.24) is 9.97 Å². The van der Waals surface area contributed by atoms with Gasteiger partial charge in [0.25, 0.3) is 0 Å². The van der Waals surface area contributed by atoms with Gasteiger partial charge in [-0.05, 0) is 63.3 Å². The minimum absolute atomic E-state index is 0.163. The SMILES string of the molecule is CC(C)(C)OC(=O)Nc1nc2ccc(-c3cnc4c(c3)N(C(=O)O)C(C3CCOCC3)CO4)cc2s1. The van der Waals surface area contributed by atoms with Gasteiger partial charge in [0.2, 0.25) is 5.88 Å². The number of aromatic nitrogens is 2. The van der Waals surface area contributed by atoms with Crippen LogP contribution in [0.2, 0.25) is 0 Å². The standard InChI is InChI=1S/C25H28N4O6S/c1-25(2,3)35-23(30)28-22-27-17-5-4-15(11-20(17)36-22)16-10-18-21(26-12-16)34-13-19(29(18)24(31)32)14-6-8-33-9-7-14/h4-5,10-12,14,19H,6-9,13H2,1-3H3,(H,31,32)(H,27,28,30). The largest absolute Gasteiger partial charge is 0.474 e. The molecule has 11 heteroatoms. The molecule has 2 amide bonds. The first-order valence-electron chi connectivity index (χ1n) is 11.8. The van der Waals surface area contributed by atoms with Gasteiger partial charge in [0.15, 0.2) is 5.13 Å². The number of carboxylic acid groups (broad SMARTS) is 1. The highest BCUT2D eigenvalue weighted by molar-refractivity contribution is 7.22. The number of thiazole rings is 1. The summed E-state index contributed by atoms with van der Waals surface area (Å²) in [5.41, 5.74) is 2.18. The summed E-state index contributed by atoms with van der Waals surface area (Å²) in [5, 5.41) is 13.2. The fourth-order valence-electron chi connectivity index (χ4n) is 4.54. The Kier molecular flexibility index (Phi) is 6.44. The summed E-state index contributed by atoms with van der Waals surface area (Å²) < 4.78 is 17.5. The molecule has 1 fully saturated rings. The van der Waals surface area contributed by atoms with Gasteiger partial charge in [-0.2, -0.15) is 0 Å². The third-order valence-electron chi connectivity index (χ3n) is 6.16. The minimum atomic E-state index is -1.02. The Labute approximate surface area is 212 Å². The number of benzene rings is 1. The van der Waals surface area contributed by atoms with Crippen molar-refractivity contribution in [2.75, 3.05) is 30.0 Å². The summed E-state index contributed by atoms with van der Waals surface area (Å²) in [7, 11) is 0. The Balaban J connectivity index is 1.42. The van der Waals surface area contributed by atoms with Crippen LogP contribution in [0, 0.1) is 5.92 Å². The lowest BCUT2D eigenvalue weighted by Gasteiger charge is -2.40. The van der Waals surface area contributed by atoms with E-state index in [4.69, 9.17) is 14.2 Å². The first kappa shape index (κ1) is 24.3. The quantitative estimate of drug-likeness (QED) is 0.480. The van der Waals surface area contributed by atoms with E-state index in [9.17, 15) is 14.7 Å². The van der Waals surface area contributed by atoms with Gasteiger partial charge < -0.3 is 19.3 Å². The van der Waals surface area contributed by atoms with E-state index < -0.39 is 17.8 Å². The molecule has 36 heavy (non-hydrogen) atoms. The first-order chi connectivity index (χ1) is 17.2. The maximum absolute atomic E-state index is 12.3. The molecule has 0 radical (unpaired) electrons. The number of rotatable bonds is 3. The van der Waals surface area contributed by atoms with E-state index in [-0.39, 0.29) is 18.6 Å². The number of nitrogens with zero attached hydrogens (tertiary/aromatic N) is 3. The molecule has 0 saturated carbocycles. The number of carbonyl (C=O) groups excluding carboxylic acids is 1. The smallest absolute Gasteiger partial charge is 0.413 e. The van der Waals surface area contributed by atoms with E-state index in [1.165, 1.54) is 16.2 Å². The van der Waals surface area contributed by atoms with Crippen molar-refractivity contribution in [3.05, 3.63) is 30.5 Å². The Morgan fingerprint density at radius 3 is 2.69 bits per heavy atom. The maximum Gasteiger partial charge on any atom is 0.413 e. The summed E-state index contributed by atoms with van der Waals surface area (Å²) in [4.78, 5) is 34.7. The van der Waals surface area contributed by atoms with Gasteiger partial charge in [0, 0.05) is 25.0 Å². The highest BCUT2D eigenvalue weighted by Crippen LogP contribution is 2.39. The summed E-state index contributed by atoms with van der Waals surface area (Å²) in [6.07, 6.45) is 1.68. The van der Waals surface area contributed by atoms with Crippen molar-refractivity contribution in [2.24, 2.45) is 5.92 Å². The molecule has 1 saturated heterocycles. The molecule has 5 rings (SSSR count). The van der Waals surface area contributed by atoms with Crippen LogP contribution in [0.5, 0.6) is 5.88 Å². The summed E-state index contributed by atoms with van der Waals surface area (Å²) in [6.45, 7) is 6.92. The lowest BCUT2D eigenvalue weighted by Crippen LogP contribution is -2.51. The fraction of sp³-hybridized carbons (Fsp3) is 0.440. The number of anilines is 2. The lowest BCUT2D eigenvalue weighted by atomic mass is 9.90. The summed E-state index contributed by atoms with van der Waals surface area (Å²) >= 11 is 1.33. The van der Waals surface area contributed by atoms with Crippen LogP contribution in [0.1, 0.15) is 33.6 Å². The molecule has 1 unspecified atom stereocenters. The molecule has 0 spiro atoms. The van der Waals surface area contributed by atoms with Crippen LogP contribution in [0.15, 0.2) is 30.5 Å². The number of hydrogen-bond acceptors (Lipinski definition) is 8. The Morgan fingerprint density at radius 1 is 1.19 bits per heavy atom. The average Bonchev–Trinajstić information content (AvgIpc) is 3.23. The zero-order chi connectivity index (χ0) is 25.4. The molecule has 1 aromatic carbocycles. The van der Waals surface area contributed by atoms with E-state index in [2.05, 4.69) is 15.3 Å². The highest BCUT2D eigenvalue weighted by atomic mass is 32.1. The molecule has 3 aromatic rings. The summed E-state index contributed by atoms with van der Waals surface area (Å²) in [6, 6.07) is 7.22. The third-order valence-corrected chi connectivity index (χ3v) is 7.09. The van der Waals surface area contributed by atoms with Crippen molar-refractivity contribution in [3.63, 3.8) is 0 Å². The molecule has 10 nitrogen and oxygen atoms in total. The monoisotopic (exact) mass is 512 g/mol. The van der Waals surface area contributed by atoms with Crippen LogP contribution < -0.4 is 15.0 Å². The lowest BCUT2D eigenvalue weighted by molar-refractivity contribution is 0.0481. The second kappa shape index (κ2) is 9.55. The van der Waals surface area contributed by atoms with Crippen molar-refractivity contribution >= 4 is 44.6 Å². The Hall–Kier alpha value is -3.44. The average molecular weight is 513 g/mol. The highest BCUT2D eigenvalue weighted by Gasteiger charge is 2.39. The number of ether oxygens (including phenoxy) is 3. The van der Waals surface area contributed by atoms with Gasteiger partial charge in [-0.25, -0.2) is 19.6 Å². The van der Waals surface area contributed by atoms with Crippen molar-refractivity contribution < 1.29 is 28.9 Å². The van der Waals surface area contributed by atoms with Crippen molar-refractivity contribution in [3.8, 4) is 17.0 Å². The molecule has 4 heterocycles. The Morgan fingerprint density at radius 2 is 1.97 bits per heavy atom. The van der Waals surface area contributed by atoms with Crippen LogP contribution in [-0.2, 0) is 9.47 Å². The van der Waals surface area contributed by atoms with E-state index in [0.717, 1.165) is 34.2 Å². The van der Waals surface area contributed by atoms with Gasteiger partial charge in [-0.15, -0.1) is 0 Å². The number of hydrogen-bond donors (Lipinski definition) is 2. The van der Waals surface area contributed by atoms with Crippen molar-refractivity contribution in [1.29, 1.82) is 0 Å². The Bertz CT molecular complexity index is 1300.